The van der Waals surface area contributed by atoms with E-state index in [0.717, 1.165) is 26.1 Å². The van der Waals surface area contributed by atoms with Gasteiger partial charge in [0.05, 0.1) is 18.8 Å². The molecule has 0 amide bonds. The van der Waals surface area contributed by atoms with Crippen molar-refractivity contribution in [3.63, 3.8) is 0 Å². The number of ether oxygens (including phenoxy) is 1. The summed E-state index contributed by atoms with van der Waals surface area (Å²) in [5.74, 6) is 0. The van der Waals surface area contributed by atoms with E-state index >= 15 is 0 Å². The van der Waals surface area contributed by atoms with Crippen LogP contribution in [0.4, 0.5) is 0 Å². The first-order chi connectivity index (χ1) is 8.76. The van der Waals surface area contributed by atoms with Crippen LogP contribution < -0.4 is 5.32 Å². The number of rotatable bonds is 4. The first kappa shape index (κ1) is 13.5. The number of nitrogens with one attached hydrogen (secondary N) is 1. The number of hydrogen-bond acceptors (Lipinski definition) is 3. The molecular weight excluding hydrogens is 224 g/mol. The minimum absolute atomic E-state index is 0.237. The van der Waals surface area contributed by atoms with Crippen molar-refractivity contribution >= 4 is 0 Å². The number of morpholine rings is 1. The van der Waals surface area contributed by atoms with Crippen molar-refractivity contribution < 1.29 is 4.74 Å². The normalized spacial score (nSPS) is 25.3. The van der Waals surface area contributed by atoms with E-state index in [4.69, 9.17) is 4.74 Å². The van der Waals surface area contributed by atoms with Crippen molar-refractivity contribution in [2.24, 2.45) is 0 Å². The van der Waals surface area contributed by atoms with Crippen molar-refractivity contribution in [3.8, 4) is 0 Å². The molecule has 1 saturated heterocycles. The van der Waals surface area contributed by atoms with E-state index in [2.05, 4.69) is 48.5 Å². The minimum atomic E-state index is 0.237. The Morgan fingerprint density at radius 2 is 2.06 bits per heavy atom. The molecule has 18 heavy (non-hydrogen) atoms. The van der Waals surface area contributed by atoms with Crippen LogP contribution in [0.25, 0.3) is 0 Å². The Hall–Kier alpha value is -0.900. The number of likely N-dealkylation sites (N-methyl/N-ethyl adjacent to an activating group) is 2. The summed E-state index contributed by atoms with van der Waals surface area (Å²) >= 11 is 0. The molecule has 0 spiro atoms. The molecule has 1 heterocycles. The molecule has 1 fully saturated rings. The summed E-state index contributed by atoms with van der Waals surface area (Å²) in [6.07, 6.45) is 1.33. The van der Waals surface area contributed by atoms with Crippen LogP contribution in [0.5, 0.6) is 0 Å². The first-order valence-electron chi connectivity index (χ1n) is 6.81. The Labute approximate surface area is 110 Å². The van der Waals surface area contributed by atoms with Gasteiger partial charge in [0.1, 0.15) is 0 Å². The third kappa shape index (κ3) is 2.91. The molecule has 0 radical (unpaired) electrons. The predicted molar refractivity (Wildman–Crippen MR) is 74.9 cm³/mol. The van der Waals surface area contributed by atoms with Gasteiger partial charge >= 0.3 is 0 Å². The summed E-state index contributed by atoms with van der Waals surface area (Å²) in [6.45, 7) is 4.91. The zero-order valence-electron chi connectivity index (χ0n) is 11.6. The lowest BCUT2D eigenvalue weighted by atomic mass is 9.97. The van der Waals surface area contributed by atoms with Gasteiger partial charge < -0.3 is 10.1 Å². The highest BCUT2D eigenvalue weighted by molar-refractivity contribution is 5.26. The fraction of sp³-hybridized carbons (Fsp3) is 0.600. The lowest BCUT2D eigenvalue weighted by Gasteiger charge is -2.39. The van der Waals surface area contributed by atoms with Gasteiger partial charge in [0.2, 0.25) is 0 Å². The molecule has 1 aliphatic rings. The summed E-state index contributed by atoms with van der Waals surface area (Å²) in [5, 5.41) is 3.23. The largest absolute Gasteiger partial charge is 0.374 e. The van der Waals surface area contributed by atoms with Crippen LogP contribution in [-0.2, 0) is 11.2 Å². The molecule has 1 aromatic carbocycles. The average molecular weight is 248 g/mol. The van der Waals surface area contributed by atoms with E-state index in [0.29, 0.717) is 6.04 Å². The lowest BCUT2D eigenvalue weighted by molar-refractivity contribution is -0.0606. The molecule has 100 valence electrons. The zero-order chi connectivity index (χ0) is 13.0. The second-order valence-corrected chi connectivity index (χ2v) is 4.99. The maximum Gasteiger partial charge on any atom is 0.0896 e. The van der Waals surface area contributed by atoms with Crippen LogP contribution in [0, 0.1) is 0 Å². The van der Waals surface area contributed by atoms with Gasteiger partial charge in [-0.2, -0.15) is 0 Å². The highest BCUT2D eigenvalue weighted by Crippen LogP contribution is 2.28. The smallest absolute Gasteiger partial charge is 0.0896 e. The van der Waals surface area contributed by atoms with Gasteiger partial charge in [-0.3, -0.25) is 4.90 Å². The summed E-state index contributed by atoms with van der Waals surface area (Å²) in [6, 6.07) is 9.31. The molecule has 0 aliphatic carbocycles. The summed E-state index contributed by atoms with van der Waals surface area (Å²) < 4.78 is 5.91. The maximum absolute atomic E-state index is 5.91. The first-order valence-corrected chi connectivity index (χ1v) is 6.81. The van der Waals surface area contributed by atoms with Gasteiger partial charge in [-0.1, -0.05) is 31.2 Å². The van der Waals surface area contributed by atoms with Crippen LogP contribution in [0.2, 0.25) is 0 Å². The standard InChI is InChI=1S/C15H24N2O/c1-4-12-5-7-13(8-6-12)15-14(11-16-2)18-10-9-17(15)3/h5-8,14-16H,4,9-11H2,1-3H3. The van der Waals surface area contributed by atoms with Crippen LogP contribution in [0.15, 0.2) is 24.3 Å². The Kier molecular flexibility index (Phi) is 4.75. The molecular formula is C15H24N2O. The highest BCUT2D eigenvalue weighted by Gasteiger charge is 2.30. The van der Waals surface area contributed by atoms with E-state index < -0.39 is 0 Å². The van der Waals surface area contributed by atoms with Crippen LogP contribution in [0.1, 0.15) is 24.1 Å². The predicted octanol–water partition coefficient (Wildman–Crippen LogP) is 1.84. The maximum atomic E-state index is 5.91. The molecule has 3 heteroatoms. The Bertz CT molecular complexity index is 361. The van der Waals surface area contributed by atoms with Crippen molar-refractivity contribution in [3.05, 3.63) is 35.4 Å². The lowest BCUT2D eigenvalue weighted by Crippen LogP contribution is -2.46. The quantitative estimate of drug-likeness (QED) is 0.880. The van der Waals surface area contributed by atoms with Crippen LogP contribution in [0.3, 0.4) is 0 Å². The fourth-order valence-corrected chi connectivity index (χ4v) is 2.65. The topological polar surface area (TPSA) is 24.5 Å². The van der Waals surface area contributed by atoms with Gasteiger partial charge in [-0.15, -0.1) is 0 Å². The van der Waals surface area contributed by atoms with E-state index in [1.807, 2.05) is 7.05 Å². The fourth-order valence-electron chi connectivity index (χ4n) is 2.65. The Morgan fingerprint density at radius 1 is 1.33 bits per heavy atom. The van der Waals surface area contributed by atoms with E-state index in [1.165, 1.54) is 11.1 Å². The molecule has 2 atom stereocenters. The van der Waals surface area contributed by atoms with Crippen LogP contribution >= 0.6 is 0 Å². The second kappa shape index (κ2) is 6.32. The highest BCUT2D eigenvalue weighted by atomic mass is 16.5. The van der Waals surface area contributed by atoms with Crippen LogP contribution in [-0.4, -0.2) is 44.8 Å². The molecule has 1 aromatic rings. The second-order valence-electron chi connectivity index (χ2n) is 4.99. The Balaban J connectivity index is 2.19. The van der Waals surface area contributed by atoms with Gasteiger partial charge in [0, 0.05) is 13.1 Å². The van der Waals surface area contributed by atoms with Crippen molar-refractivity contribution in [1.82, 2.24) is 10.2 Å². The monoisotopic (exact) mass is 248 g/mol. The zero-order valence-corrected chi connectivity index (χ0v) is 11.6. The van der Waals surface area contributed by atoms with Crippen molar-refractivity contribution in [2.75, 3.05) is 33.8 Å². The summed E-state index contributed by atoms with van der Waals surface area (Å²) in [5.41, 5.74) is 2.75. The number of nitrogens with zero attached hydrogens (tertiary/aromatic N) is 1. The van der Waals surface area contributed by atoms with Gasteiger partial charge in [-0.25, -0.2) is 0 Å². The third-order valence-electron chi connectivity index (χ3n) is 3.74. The number of aryl methyl sites for hydroxylation is 1. The van der Waals surface area contributed by atoms with Crippen molar-refractivity contribution in [2.45, 2.75) is 25.5 Å². The molecule has 1 N–H and O–H groups in total. The molecule has 2 unspecified atom stereocenters. The van der Waals surface area contributed by atoms with E-state index in [1.54, 1.807) is 0 Å². The Morgan fingerprint density at radius 3 is 2.67 bits per heavy atom. The number of hydrogen-bond donors (Lipinski definition) is 1. The minimum Gasteiger partial charge on any atom is -0.374 e. The molecule has 0 bridgehead atoms. The van der Waals surface area contributed by atoms with Gasteiger partial charge in [0.15, 0.2) is 0 Å². The molecule has 3 nitrogen and oxygen atoms in total. The molecule has 1 aliphatic heterocycles. The van der Waals surface area contributed by atoms with Gasteiger partial charge in [-0.05, 0) is 31.6 Å². The average Bonchev–Trinajstić information content (AvgIpc) is 2.40. The van der Waals surface area contributed by atoms with Crippen molar-refractivity contribution in [1.29, 1.82) is 0 Å². The molecule has 0 saturated carbocycles. The summed E-state index contributed by atoms with van der Waals surface area (Å²) in [7, 11) is 4.17. The molecule has 2 rings (SSSR count). The SMILES string of the molecule is CCc1ccc(C2C(CNC)OCCN2C)cc1. The molecule has 0 aromatic heterocycles. The third-order valence-corrected chi connectivity index (χ3v) is 3.74. The van der Waals surface area contributed by atoms with E-state index in [-0.39, 0.29) is 6.10 Å². The number of benzene rings is 1. The summed E-state index contributed by atoms with van der Waals surface area (Å²) in [4.78, 5) is 2.40. The van der Waals surface area contributed by atoms with Gasteiger partial charge in [0.25, 0.3) is 0 Å². The van der Waals surface area contributed by atoms with E-state index in [9.17, 15) is 0 Å².